The van der Waals surface area contributed by atoms with Crippen LogP contribution in [0.25, 0.3) is 0 Å². The number of anilines is 1. The van der Waals surface area contributed by atoms with Gasteiger partial charge in [0.25, 0.3) is 5.91 Å². The number of likely N-dealkylation sites (N-methyl/N-ethyl adjacent to an activating group) is 1. The fourth-order valence-corrected chi connectivity index (χ4v) is 4.28. The molecule has 8 heteroatoms. The molecule has 0 unspecified atom stereocenters. The van der Waals surface area contributed by atoms with Gasteiger partial charge in [0.1, 0.15) is 6.61 Å². The molecule has 2 aromatic carbocycles. The zero-order chi connectivity index (χ0) is 23.2. The number of amides is 1. The number of aromatic nitrogens is 2. The first kappa shape index (κ1) is 23.1. The molecule has 33 heavy (non-hydrogen) atoms. The van der Waals surface area contributed by atoms with E-state index in [0.717, 1.165) is 41.5 Å². The maximum absolute atomic E-state index is 12.2. The molecule has 172 valence electrons. The van der Waals surface area contributed by atoms with E-state index in [1.807, 2.05) is 60.8 Å². The van der Waals surface area contributed by atoms with Crippen LogP contribution >= 0.6 is 11.8 Å². The Kier molecular flexibility index (Phi) is 7.47. The fraction of sp³-hybridized carbons (Fsp3) is 0.320. The van der Waals surface area contributed by atoms with Crippen molar-refractivity contribution >= 4 is 23.6 Å². The third kappa shape index (κ3) is 6.03. The van der Waals surface area contributed by atoms with Gasteiger partial charge in [-0.25, -0.2) is 4.98 Å². The van der Waals surface area contributed by atoms with Gasteiger partial charge in [0.15, 0.2) is 0 Å². The zero-order valence-corrected chi connectivity index (χ0v) is 20.1. The highest BCUT2D eigenvalue weighted by Gasteiger charge is 2.19. The van der Waals surface area contributed by atoms with Crippen LogP contribution in [-0.4, -0.2) is 73.0 Å². The van der Waals surface area contributed by atoms with E-state index in [0.29, 0.717) is 24.0 Å². The van der Waals surface area contributed by atoms with Gasteiger partial charge in [-0.2, -0.15) is 4.98 Å². The monoisotopic (exact) mass is 463 g/mol. The van der Waals surface area contributed by atoms with Gasteiger partial charge < -0.3 is 19.4 Å². The Morgan fingerprint density at radius 2 is 1.73 bits per heavy atom. The number of rotatable bonds is 7. The summed E-state index contributed by atoms with van der Waals surface area (Å²) in [5, 5.41) is 0. The number of benzene rings is 2. The van der Waals surface area contributed by atoms with Crippen molar-refractivity contribution in [2.45, 2.75) is 16.4 Å². The third-order valence-corrected chi connectivity index (χ3v) is 6.46. The molecule has 4 rings (SSSR count). The summed E-state index contributed by atoms with van der Waals surface area (Å²) >= 11 is 1.53. The first-order valence-electron chi connectivity index (χ1n) is 11.0. The van der Waals surface area contributed by atoms with Crippen molar-refractivity contribution in [3.05, 3.63) is 71.9 Å². The van der Waals surface area contributed by atoms with Crippen LogP contribution in [0.3, 0.4) is 0 Å². The summed E-state index contributed by atoms with van der Waals surface area (Å²) in [4.78, 5) is 29.5. The van der Waals surface area contributed by atoms with Crippen LogP contribution in [0.4, 0.5) is 5.95 Å². The highest BCUT2D eigenvalue weighted by Crippen LogP contribution is 2.35. The van der Waals surface area contributed by atoms with E-state index >= 15 is 0 Å². The number of carbonyl (C=O) groups is 1. The van der Waals surface area contributed by atoms with Gasteiger partial charge in [0.05, 0.1) is 11.1 Å². The average molecular weight is 464 g/mol. The number of ether oxygens (including phenoxy) is 1. The molecule has 1 amide bonds. The second kappa shape index (κ2) is 10.7. The van der Waals surface area contributed by atoms with E-state index in [-0.39, 0.29) is 5.91 Å². The molecule has 2 heterocycles. The minimum absolute atomic E-state index is 0.0155. The van der Waals surface area contributed by atoms with Crippen molar-refractivity contribution in [1.82, 2.24) is 19.8 Å². The molecule has 0 bridgehead atoms. The second-order valence-electron chi connectivity index (χ2n) is 8.23. The van der Waals surface area contributed by atoms with Gasteiger partial charge in [-0.15, -0.1) is 0 Å². The Morgan fingerprint density at radius 1 is 1.03 bits per heavy atom. The predicted octanol–water partition coefficient (Wildman–Crippen LogP) is 3.66. The Balaban J connectivity index is 1.55. The van der Waals surface area contributed by atoms with Crippen LogP contribution in [0.2, 0.25) is 0 Å². The maximum Gasteiger partial charge on any atom is 0.253 e. The van der Waals surface area contributed by atoms with Crippen LogP contribution in [-0.2, 0) is 6.61 Å². The van der Waals surface area contributed by atoms with Crippen molar-refractivity contribution in [2.24, 2.45) is 0 Å². The van der Waals surface area contributed by atoms with Crippen LogP contribution in [0.15, 0.2) is 70.6 Å². The summed E-state index contributed by atoms with van der Waals surface area (Å²) in [6.45, 7) is 4.19. The van der Waals surface area contributed by atoms with Crippen LogP contribution in [0.5, 0.6) is 5.88 Å². The molecule has 0 saturated carbocycles. The number of hydrogen-bond acceptors (Lipinski definition) is 7. The molecule has 0 N–H and O–H groups in total. The normalized spacial score (nSPS) is 14.2. The van der Waals surface area contributed by atoms with Crippen molar-refractivity contribution in [2.75, 3.05) is 52.2 Å². The van der Waals surface area contributed by atoms with Gasteiger partial charge in [-0.05, 0) is 36.9 Å². The van der Waals surface area contributed by atoms with Gasteiger partial charge in [0.2, 0.25) is 11.8 Å². The van der Waals surface area contributed by atoms with Crippen LogP contribution in [0, 0.1) is 0 Å². The Morgan fingerprint density at radius 3 is 2.39 bits per heavy atom. The Bertz CT molecular complexity index is 1070. The van der Waals surface area contributed by atoms with E-state index in [1.165, 1.54) is 11.8 Å². The van der Waals surface area contributed by atoms with E-state index in [9.17, 15) is 4.79 Å². The molecule has 0 aliphatic carbocycles. The topological polar surface area (TPSA) is 61.8 Å². The minimum Gasteiger partial charge on any atom is -0.472 e. The summed E-state index contributed by atoms with van der Waals surface area (Å²) < 4.78 is 6.17. The lowest BCUT2D eigenvalue weighted by Crippen LogP contribution is -2.45. The van der Waals surface area contributed by atoms with Gasteiger partial charge >= 0.3 is 0 Å². The molecule has 3 aromatic rings. The summed E-state index contributed by atoms with van der Waals surface area (Å²) in [6.07, 6.45) is 1.84. The SMILES string of the molecule is CN1CCN(c2ncc(Sc3ccc(C(=O)N(C)C)cc3)c(OCc3ccccc3)n2)CC1. The standard InChI is InChI=1S/C25H29N5O2S/c1-28(2)24(31)20-9-11-21(12-10-20)33-22-17-26-25(30-15-13-29(3)14-16-30)27-23(22)32-18-19-7-5-4-6-8-19/h4-12,17H,13-16,18H2,1-3H3. The largest absolute Gasteiger partial charge is 0.472 e. The number of hydrogen-bond donors (Lipinski definition) is 0. The summed E-state index contributed by atoms with van der Waals surface area (Å²) in [5.74, 6) is 1.25. The van der Waals surface area contributed by atoms with E-state index in [1.54, 1.807) is 19.0 Å². The Labute approximate surface area is 199 Å². The average Bonchev–Trinajstić information content (AvgIpc) is 2.84. The van der Waals surface area contributed by atoms with Gasteiger partial charge in [-0.1, -0.05) is 42.1 Å². The Hall–Kier alpha value is -3.10. The van der Waals surface area contributed by atoms with E-state index in [4.69, 9.17) is 9.72 Å². The first-order valence-corrected chi connectivity index (χ1v) is 11.8. The highest BCUT2D eigenvalue weighted by molar-refractivity contribution is 7.99. The van der Waals surface area contributed by atoms with Crippen molar-refractivity contribution < 1.29 is 9.53 Å². The molecule has 1 saturated heterocycles. The third-order valence-electron chi connectivity index (χ3n) is 5.45. The highest BCUT2D eigenvalue weighted by atomic mass is 32.2. The van der Waals surface area contributed by atoms with E-state index in [2.05, 4.69) is 21.8 Å². The molecule has 1 fully saturated rings. The smallest absolute Gasteiger partial charge is 0.253 e. The lowest BCUT2D eigenvalue weighted by Gasteiger charge is -2.32. The molecule has 1 aliphatic heterocycles. The number of nitrogens with zero attached hydrogens (tertiary/aromatic N) is 5. The summed E-state index contributed by atoms with van der Waals surface area (Å²) in [5.41, 5.74) is 1.74. The maximum atomic E-state index is 12.2. The fourth-order valence-electron chi connectivity index (χ4n) is 3.46. The molecule has 0 spiro atoms. The van der Waals surface area contributed by atoms with Crippen molar-refractivity contribution in [3.8, 4) is 5.88 Å². The van der Waals surface area contributed by atoms with E-state index < -0.39 is 0 Å². The van der Waals surface area contributed by atoms with Crippen LogP contribution in [0.1, 0.15) is 15.9 Å². The van der Waals surface area contributed by atoms with Gasteiger partial charge in [-0.3, -0.25) is 4.79 Å². The predicted molar refractivity (Wildman–Crippen MR) is 131 cm³/mol. The lowest BCUT2D eigenvalue weighted by atomic mass is 10.2. The number of carbonyl (C=O) groups excluding carboxylic acids is 1. The summed E-state index contributed by atoms with van der Waals surface area (Å²) in [6, 6.07) is 17.6. The van der Waals surface area contributed by atoms with Crippen molar-refractivity contribution in [1.29, 1.82) is 0 Å². The lowest BCUT2D eigenvalue weighted by molar-refractivity contribution is 0.0827. The molecule has 1 aromatic heterocycles. The minimum atomic E-state index is -0.0155. The molecular weight excluding hydrogens is 434 g/mol. The summed E-state index contributed by atoms with van der Waals surface area (Å²) in [7, 11) is 5.63. The quantitative estimate of drug-likeness (QED) is 0.530. The molecule has 0 radical (unpaired) electrons. The molecule has 0 atom stereocenters. The van der Waals surface area contributed by atoms with Gasteiger partial charge in [0, 0.05) is 50.7 Å². The van der Waals surface area contributed by atoms with Crippen molar-refractivity contribution in [3.63, 3.8) is 0 Å². The number of piperazine rings is 1. The second-order valence-corrected chi connectivity index (χ2v) is 9.35. The molecule has 1 aliphatic rings. The molecular formula is C25H29N5O2S. The zero-order valence-electron chi connectivity index (χ0n) is 19.3. The molecule has 7 nitrogen and oxygen atoms in total. The first-order chi connectivity index (χ1) is 16.0. The van der Waals surface area contributed by atoms with Crippen LogP contribution < -0.4 is 9.64 Å².